The van der Waals surface area contributed by atoms with Gasteiger partial charge in [-0.1, -0.05) is 18.2 Å². The summed E-state index contributed by atoms with van der Waals surface area (Å²) in [5.74, 6) is 0.808. The summed E-state index contributed by atoms with van der Waals surface area (Å²) in [6, 6.07) is 7.82. The Morgan fingerprint density at radius 1 is 1.43 bits per heavy atom. The Morgan fingerprint density at radius 3 is 2.81 bits per heavy atom. The molecule has 1 aromatic carbocycles. The fraction of sp³-hybridized carbons (Fsp3) is 0.438. The number of thioether (sulfide) groups is 1. The zero-order valence-electron chi connectivity index (χ0n) is 12.1. The van der Waals surface area contributed by atoms with E-state index in [1.807, 2.05) is 30.3 Å². The van der Waals surface area contributed by atoms with E-state index in [-0.39, 0.29) is 5.91 Å². The molecule has 0 unspecified atom stereocenters. The zero-order chi connectivity index (χ0) is 15.1. The van der Waals surface area contributed by atoms with Gasteiger partial charge in [0.1, 0.15) is 0 Å². The minimum atomic E-state index is -0.505. The van der Waals surface area contributed by atoms with Crippen LogP contribution in [0.4, 0.5) is 5.69 Å². The lowest BCUT2D eigenvalue weighted by Gasteiger charge is -2.34. The second-order valence-corrected chi connectivity index (χ2v) is 6.21. The van der Waals surface area contributed by atoms with Crippen molar-refractivity contribution in [1.29, 1.82) is 0 Å². The summed E-state index contributed by atoms with van der Waals surface area (Å²) in [7, 11) is 0. The highest BCUT2D eigenvalue weighted by Crippen LogP contribution is 2.33. The van der Waals surface area contributed by atoms with Gasteiger partial charge in [0, 0.05) is 30.4 Å². The number of hydrogen-bond donors (Lipinski definition) is 2. The SMILES string of the molecule is C=CCSc1ccccc1NC(=O)C1(CN)CCOCC1. The van der Waals surface area contributed by atoms with E-state index in [4.69, 9.17) is 10.5 Å². The van der Waals surface area contributed by atoms with Gasteiger partial charge in [0.25, 0.3) is 0 Å². The number of nitrogens with one attached hydrogen (secondary N) is 1. The molecule has 1 aromatic rings. The van der Waals surface area contributed by atoms with E-state index in [2.05, 4.69) is 11.9 Å². The van der Waals surface area contributed by atoms with E-state index >= 15 is 0 Å². The van der Waals surface area contributed by atoms with Gasteiger partial charge in [0.05, 0.1) is 11.1 Å². The van der Waals surface area contributed by atoms with Gasteiger partial charge >= 0.3 is 0 Å². The summed E-state index contributed by atoms with van der Waals surface area (Å²) in [6.45, 7) is 5.27. The normalized spacial score (nSPS) is 17.2. The van der Waals surface area contributed by atoms with Crippen molar-refractivity contribution in [3.8, 4) is 0 Å². The number of anilines is 1. The molecule has 1 saturated heterocycles. The summed E-state index contributed by atoms with van der Waals surface area (Å²) in [5.41, 5.74) is 6.21. The summed E-state index contributed by atoms with van der Waals surface area (Å²) in [4.78, 5) is 13.7. The van der Waals surface area contributed by atoms with Gasteiger partial charge in [0.15, 0.2) is 0 Å². The molecule has 0 atom stereocenters. The molecule has 5 heteroatoms. The average Bonchev–Trinajstić information content (AvgIpc) is 2.54. The van der Waals surface area contributed by atoms with Crippen molar-refractivity contribution < 1.29 is 9.53 Å². The second-order valence-electron chi connectivity index (χ2n) is 5.15. The van der Waals surface area contributed by atoms with Crippen molar-refractivity contribution in [1.82, 2.24) is 0 Å². The number of rotatable bonds is 6. The average molecular weight is 306 g/mol. The minimum absolute atomic E-state index is 0.0000435. The topological polar surface area (TPSA) is 64.4 Å². The Morgan fingerprint density at radius 2 is 2.14 bits per heavy atom. The van der Waals surface area contributed by atoms with Crippen molar-refractivity contribution in [2.75, 3.05) is 30.8 Å². The van der Waals surface area contributed by atoms with Gasteiger partial charge in [-0.25, -0.2) is 0 Å². The number of amides is 1. The van der Waals surface area contributed by atoms with Crippen LogP contribution in [0.3, 0.4) is 0 Å². The standard InChI is InChI=1S/C16H22N2O2S/c1-2-11-21-14-6-4-3-5-13(14)18-15(19)16(12-17)7-9-20-10-8-16/h2-6H,1,7-12,17H2,(H,18,19). The molecule has 1 heterocycles. The van der Waals surface area contributed by atoms with Crippen molar-refractivity contribution in [2.45, 2.75) is 17.7 Å². The van der Waals surface area contributed by atoms with Crippen molar-refractivity contribution in [3.05, 3.63) is 36.9 Å². The quantitative estimate of drug-likeness (QED) is 0.626. The molecule has 1 aliphatic heterocycles. The van der Waals surface area contributed by atoms with Gasteiger partial charge in [-0.05, 0) is 25.0 Å². The fourth-order valence-corrected chi connectivity index (χ4v) is 3.13. The molecule has 0 aliphatic carbocycles. The summed E-state index contributed by atoms with van der Waals surface area (Å²) in [6.07, 6.45) is 3.21. The largest absolute Gasteiger partial charge is 0.381 e. The Kier molecular flexibility index (Phi) is 5.85. The number of carbonyl (C=O) groups is 1. The van der Waals surface area contributed by atoms with Crippen LogP contribution < -0.4 is 11.1 Å². The number of nitrogens with two attached hydrogens (primary N) is 1. The maximum atomic E-state index is 12.7. The van der Waals surface area contributed by atoms with E-state index in [9.17, 15) is 4.79 Å². The highest BCUT2D eigenvalue weighted by Gasteiger charge is 2.38. The van der Waals surface area contributed by atoms with Gasteiger partial charge < -0.3 is 15.8 Å². The van der Waals surface area contributed by atoms with Gasteiger partial charge in [-0.15, -0.1) is 18.3 Å². The molecule has 0 saturated carbocycles. The number of ether oxygens (including phenoxy) is 1. The molecule has 2 rings (SSSR count). The molecule has 0 aromatic heterocycles. The molecule has 0 bridgehead atoms. The maximum absolute atomic E-state index is 12.7. The predicted molar refractivity (Wildman–Crippen MR) is 87.5 cm³/mol. The first kappa shape index (κ1) is 16.1. The predicted octanol–water partition coefficient (Wildman–Crippen LogP) is 2.66. The highest BCUT2D eigenvalue weighted by molar-refractivity contribution is 7.99. The third-order valence-corrected chi connectivity index (χ3v) is 4.88. The van der Waals surface area contributed by atoms with Crippen LogP contribution in [0, 0.1) is 5.41 Å². The van der Waals surface area contributed by atoms with E-state index in [1.165, 1.54) is 0 Å². The summed E-state index contributed by atoms with van der Waals surface area (Å²) in [5, 5.41) is 3.05. The first-order valence-electron chi connectivity index (χ1n) is 7.14. The Hall–Kier alpha value is -1.30. The van der Waals surface area contributed by atoms with E-state index in [0.717, 1.165) is 16.3 Å². The third kappa shape index (κ3) is 3.87. The number of carbonyl (C=O) groups excluding carboxylic acids is 1. The van der Waals surface area contributed by atoms with Crippen LogP contribution in [0.15, 0.2) is 41.8 Å². The van der Waals surface area contributed by atoms with Gasteiger partial charge in [0.2, 0.25) is 5.91 Å². The summed E-state index contributed by atoms with van der Waals surface area (Å²) < 4.78 is 5.35. The molecule has 1 amide bonds. The molecule has 1 aliphatic rings. The molecule has 114 valence electrons. The third-order valence-electron chi connectivity index (χ3n) is 3.81. The lowest BCUT2D eigenvalue weighted by Crippen LogP contribution is -2.46. The van der Waals surface area contributed by atoms with Crippen molar-refractivity contribution >= 4 is 23.4 Å². The first-order valence-corrected chi connectivity index (χ1v) is 8.12. The highest BCUT2D eigenvalue weighted by atomic mass is 32.2. The van der Waals surface area contributed by atoms with Gasteiger partial charge in [-0.3, -0.25) is 4.79 Å². The van der Waals surface area contributed by atoms with Crippen LogP contribution >= 0.6 is 11.8 Å². The van der Waals surface area contributed by atoms with Crippen LogP contribution in [0.5, 0.6) is 0 Å². The summed E-state index contributed by atoms with van der Waals surface area (Å²) >= 11 is 1.65. The fourth-order valence-electron chi connectivity index (χ4n) is 2.39. The van der Waals surface area contributed by atoms with Crippen molar-refractivity contribution in [3.63, 3.8) is 0 Å². The van der Waals surface area contributed by atoms with Crippen LogP contribution in [-0.4, -0.2) is 31.4 Å². The Labute approximate surface area is 130 Å². The monoisotopic (exact) mass is 306 g/mol. The van der Waals surface area contributed by atoms with Crippen LogP contribution in [0.2, 0.25) is 0 Å². The molecule has 0 radical (unpaired) electrons. The number of hydrogen-bond acceptors (Lipinski definition) is 4. The maximum Gasteiger partial charge on any atom is 0.232 e. The molecule has 0 spiro atoms. The molecular weight excluding hydrogens is 284 g/mol. The molecule has 4 nitrogen and oxygen atoms in total. The molecule has 1 fully saturated rings. The lowest BCUT2D eigenvalue weighted by molar-refractivity contribution is -0.130. The van der Waals surface area contributed by atoms with Crippen LogP contribution in [0.1, 0.15) is 12.8 Å². The number of benzene rings is 1. The molecular formula is C16H22N2O2S. The molecule has 3 N–H and O–H groups in total. The number of para-hydroxylation sites is 1. The van der Waals surface area contributed by atoms with Gasteiger partial charge in [-0.2, -0.15) is 0 Å². The van der Waals surface area contributed by atoms with E-state index < -0.39 is 5.41 Å². The van der Waals surface area contributed by atoms with Crippen LogP contribution in [0.25, 0.3) is 0 Å². The van der Waals surface area contributed by atoms with E-state index in [0.29, 0.717) is 32.6 Å². The lowest BCUT2D eigenvalue weighted by atomic mass is 9.79. The minimum Gasteiger partial charge on any atom is -0.381 e. The van der Waals surface area contributed by atoms with E-state index in [1.54, 1.807) is 11.8 Å². The second kappa shape index (κ2) is 7.64. The molecule has 21 heavy (non-hydrogen) atoms. The Balaban J connectivity index is 2.13. The first-order chi connectivity index (χ1) is 10.2. The van der Waals surface area contributed by atoms with Crippen molar-refractivity contribution in [2.24, 2.45) is 11.1 Å². The zero-order valence-corrected chi connectivity index (χ0v) is 13.0. The Bertz CT molecular complexity index is 499. The van der Waals surface area contributed by atoms with Crippen LogP contribution in [-0.2, 0) is 9.53 Å². The smallest absolute Gasteiger partial charge is 0.232 e.